The van der Waals surface area contributed by atoms with Crippen LogP contribution in [0.1, 0.15) is 55.0 Å². The topological polar surface area (TPSA) is 54.7 Å². The predicted octanol–water partition coefficient (Wildman–Crippen LogP) is 3.39. The molecule has 1 aliphatic heterocycles. The fourth-order valence-electron chi connectivity index (χ4n) is 4.13. The molecule has 3 rings (SSSR count). The third kappa shape index (κ3) is 4.81. The lowest BCUT2D eigenvalue weighted by molar-refractivity contribution is -0.00834. The molecule has 29 heavy (non-hydrogen) atoms. The number of nitrogens with one attached hydrogen (secondary N) is 1. The Morgan fingerprint density at radius 1 is 1.24 bits per heavy atom. The zero-order valence-electron chi connectivity index (χ0n) is 18.5. The van der Waals surface area contributed by atoms with E-state index in [1.807, 2.05) is 11.7 Å². The molecular formula is C23H35N5O. The molecule has 1 aromatic carbocycles. The maximum Gasteiger partial charge on any atom is 0.194 e. The van der Waals surface area contributed by atoms with Gasteiger partial charge in [0.1, 0.15) is 6.10 Å². The standard InChI is InChI=1S/C23H35N5O/c1-6-20-19(21(7-2)27(5)26-20)15-25-23(24-8-3)28-13-14-29-22(16-28)18-12-10-9-11-17(18)4/h9-12,22H,6-8,13-16H2,1-5H3,(H,24,25). The Hall–Kier alpha value is -2.34. The second kappa shape index (κ2) is 9.92. The number of benzene rings is 1. The molecule has 0 saturated carbocycles. The van der Waals surface area contributed by atoms with Crippen LogP contribution in [-0.4, -0.2) is 46.9 Å². The normalized spacial score (nSPS) is 17.6. The van der Waals surface area contributed by atoms with Crippen LogP contribution >= 0.6 is 0 Å². The number of guanidine groups is 1. The van der Waals surface area contributed by atoms with Gasteiger partial charge in [-0.05, 0) is 37.8 Å². The van der Waals surface area contributed by atoms with E-state index in [2.05, 4.69) is 62.2 Å². The van der Waals surface area contributed by atoms with Gasteiger partial charge in [-0.1, -0.05) is 38.1 Å². The lowest BCUT2D eigenvalue weighted by Gasteiger charge is -2.35. The van der Waals surface area contributed by atoms with Gasteiger partial charge in [-0.25, -0.2) is 4.99 Å². The van der Waals surface area contributed by atoms with Crippen molar-refractivity contribution in [3.8, 4) is 0 Å². The molecule has 1 aliphatic rings. The van der Waals surface area contributed by atoms with E-state index in [0.717, 1.165) is 44.1 Å². The molecule has 1 fully saturated rings. The van der Waals surface area contributed by atoms with Crippen molar-refractivity contribution in [1.29, 1.82) is 0 Å². The highest BCUT2D eigenvalue weighted by atomic mass is 16.5. The molecule has 0 bridgehead atoms. The van der Waals surface area contributed by atoms with Gasteiger partial charge in [0.25, 0.3) is 0 Å². The van der Waals surface area contributed by atoms with E-state index in [4.69, 9.17) is 14.8 Å². The summed E-state index contributed by atoms with van der Waals surface area (Å²) in [5, 5.41) is 8.18. The first-order valence-electron chi connectivity index (χ1n) is 10.8. The van der Waals surface area contributed by atoms with Crippen molar-refractivity contribution in [2.45, 2.75) is 53.2 Å². The maximum absolute atomic E-state index is 6.10. The average Bonchev–Trinajstić information content (AvgIpc) is 3.06. The molecule has 0 amide bonds. The van der Waals surface area contributed by atoms with Crippen LogP contribution in [0.5, 0.6) is 0 Å². The minimum Gasteiger partial charge on any atom is -0.370 e. The Labute approximate surface area is 175 Å². The van der Waals surface area contributed by atoms with Crippen molar-refractivity contribution >= 4 is 5.96 Å². The fourth-order valence-corrected chi connectivity index (χ4v) is 4.13. The van der Waals surface area contributed by atoms with Gasteiger partial charge in [-0.2, -0.15) is 5.10 Å². The molecule has 1 aromatic heterocycles. The number of hydrogen-bond acceptors (Lipinski definition) is 3. The summed E-state index contributed by atoms with van der Waals surface area (Å²) >= 11 is 0. The van der Waals surface area contributed by atoms with Crippen molar-refractivity contribution < 1.29 is 4.74 Å². The van der Waals surface area contributed by atoms with E-state index < -0.39 is 0 Å². The van der Waals surface area contributed by atoms with E-state index in [1.165, 1.54) is 22.4 Å². The van der Waals surface area contributed by atoms with Crippen LogP contribution < -0.4 is 5.32 Å². The van der Waals surface area contributed by atoms with E-state index in [1.54, 1.807) is 0 Å². The quantitative estimate of drug-likeness (QED) is 0.600. The highest BCUT2D eigenvalue weighted by Crippen LogP contribution is 2.25. The molecular weight excluding hydrogens is 362 g/mol. The Bertz CT molecular complexity index is 842. The van der Waals surface area contributed by atoms with E-state index in [0.29, 0.717) is 13.2 Å². The Morgan fingerprint density at radius 2 is 2.03 bits per heavy atom. The molecule has 2 aromatic rings. The van der Waals surface area contributed by atoms with Crippen LogP contribution in [0.15, 0.2) is 29.3 Å². The predicted molar refractivity (Wildman–Crippen MR) is 118 cm³/mol. The third-order valence-corrected chi connectivity index (χ3v) is 5.65. The lowest BCUT2D eigenvalue weighted by Crippen LogP contribution is -2.48. The smallest absolute Gasteiger partial charge is 0.194 e. The number of morpholine rings is 1. The zero-order valence-corrected chi connectivity index (χ0v) is 18.5. The third-order valence-electron chi connectivity index (χ3n) is 5.65. The van der Waals surface area contributed by atoms with Crippen molar-refractivity contribution in [3.63, 3.8) is 0 Å². The van der Waals surface area contributed by atoms with Gasteiger partial charge in [-0.15, -0.1) is 0 Å². The van der Waals surface area contributed by atoms with Gasteiger partial charge in [0.15, 0.2) is 5.96 Å². The van der Waals surface area contributed by atoms with Crippen LogP contribution in [-0.2, 0) is 31.2 Å². The maximum atomic E-state index is 6.10. The Morgan fingerprint density at radius 3 is 2.72 bits per heavy atom. The molecule has 2 heterocycles. The zero-order chi connectivity index (χ0) is 20.8. The van der Waals surface area contributed by atoms with Crippen molar-refractivity contribution in [3.05, 3.63) is 52.3 Å². The van der Waals surface area contributed by atoms with Crippen LogP contribution in [0.3, 0.4) is 0 Å². The van der Waals surface area contributed by atoms with E-state index in [-0.39, 0.29) is 6.10 Å². The Kier molecular flexibility index (Phi) is 7.31. The monoisotopic (exact) mass is 397 g/mol. The number of rotatable bonds is 6. The SMILES string of the molecule is CCNC(=NCc1c(CC)nn(C)c1CC)N1CCOC(c2ccccc2C)C1. The summed E-state index contributed by atoms with van der Waals surface area (Å²) in [6, 6.07) is 8.49. The van der Waals surface area contributed by atoms with Crippen LogP contribution in [0.4, 0.5) is 0 Å². The van der Waals surface area contributed by atoms with Crippen LogP contribution in [0.25, 0.3) is 0 Å². The van der Waals surface area contributed by atoms with Crippen molar-refractivity contribution in [1.82, 2.24) is 20.0 Å². The molecule has 6 nitrogen and oxygen atoms in total. The summed E-state index contributed by atoms with van der Waals surface area (Å²) in [7, 11) is 2.03. The second-order valence-electron chi connectivity index (χ2n) is 7.53. The number of nitrogens with zero attached hydrogens (tertiary/aromatic N) is 4. The fraction of sp³-hybridized carbons (Fsp3) is 0.565. The molecule has 158 valence electrons. The first-order valence-corrected chi connectivity index (χ1v) is 10.8. The molecule has 0 radical (unpaired) electrons. The van der Waals surface area contributed by atoms with Gasteiger partial charge in [0, 0.05) is 31.4 Å². The summed E-state index contributed by atoms with van der Waals surface area (Å²) in [6.07, 6.45) is 1.98. The average molecular weight is 398 g/mol. The second-order valence-corrected chi connectivity index (χ2v) is 7.53. The van der Waals surface area contributed by atoms with Gasteiger partial charge in [0.05, 0.1) is 25.4 Å². The first-order chi connectivity index (χ1) is 14.1. The number of hydrogen-bond donors (Lipinski definition) is 1. The highest BCUT2D eigenvalue weighted by molar-refractivity contribution is 5.80. The summed E-state index contributed by atoms with van der Waals surface area (Å²) < 4.78 is 8.12. The molecule has 0 aliphatic carbocycles. The van der Waals surface area contributed by atoms with Crippen LogP contribution in [0, 0.1) is 6.92 Å². The van der Waals surface area contributed by atoms with Crippen molar-refractivity contribution in [2.24, 2.45) is 12.0 Å². The van der Waals surface area contributed by atoms with Gasteiger partial charge in [-0.3, -0.25) is 4.68 Å². The Balaban J connectivity index is 1.81. The first kappa shape index (κ1) is 21.4. The molecule has 1 atom stereocenters. The number of ether oxygens (including phenoxy) is 1. The number of aryl methyl sites for hydroxylation is 3. The van der Waals surface area contributed by atoms with Gasteiger partial charge < -0.3 is 15.0 Å². The molecule has 0 spiro atoms. The van der Waals surface area contributed by atoms with Crippen molar-refractivity contribution in [2.75, 3.05) is 26.2 Å². The highest BCUT2D eigenvalue weighted by Gasteiger charge is 2.25. The molecule has 1 saturated heterocycles. The van der Waals surface area contributed by atoms with E-state index >= 15 is 0 Å². The lowest BCUT2D eigenvalue weighted by atomic mass is 10.0. The summed E-state index contributed by atoms with van der Waals surface area (Å²) in [4.78, 5) is 7.34. The molecule has 1 N–H and O–H groups in total. The summed E-state index contributed by atoms with van der Waals surface area (Å²) in [6.45, 7) is 12.5. The number of aromatic nitrogens is 2. The number of aliphatic imine (C=N–C) groups is 1. The van der Waals surface area contributed by atoms with Gasteiger partial charge in [0.2, 0.25) is 0 Å². The minimum atomic E-state index is 0.0737. The summed E-state index contributed by atoms with van der Waals surface area (Å²) in [5.74, 6) is 0.961. The van der Waals surface area contributed by atoms with E-state index in [9.17, 15) is 0 Å². The molecule has 1 unspecified atom stereocenters. The van der Waals surface area contributed by atoms with Gasteiger partial charge >= 0.3 is 0 Å². The largest absolute Gasteiger partial charge is 0.370 e. The van der Waals surface area contributed by atoms with Crippen LogP contribution in [0.2, 0.25) is 0 Å². The minimum absolute atomic E-state index is 0.0737. The molecule has 6 heteroatoms. The summed E-state index contributed by atoms with van der Waals surface area (Å²) in [5.41, 5.74) is 6.25.